The summed E-state index contributed by atoms with van der Waals surface area (Å²) < 4.78 is 6.50. The second-order valence-corrected chi connectivity index (χ2v) is 5.98. The fraction of sp³-hybridized carbons (Fsp3) is 0.294. The summed E-state index contributed by atoms with van der Waals surface area (Å²) in [6.07, 6.45) is 8.04. The van der Waals surface area contributed by atoms with Crippen molar-refractivity contribution in [2.45, 2.75) is 25.3 Å². The highest BCUT2D eigenvalue weighted by molar-refractivity contribution is 5.95. The zero-order chi connectivity index (χ0) is 16.5. The predicted octanol–water partition coefficient (Wildman–Crippen LogP) is 1.81. The molecule has 0 bridgehead atoms. The van der Waals surface area contributed by atoms with E-state index in [1.807, 2.05) is 31.4 Å². The lowest BCUT2D eigenvalue weighted by molar-refractivity contribution is 0.0941. The van der Waals surface area contributed by atoms with Gasteiger partial charge >= 0.3 is 0 Å². The van der Waals surface area contributed by atoms with Gasteiger partial charge in [-0.25, -0.2) is 0 Å². The van der Waals surface area contributed by atoms with Crippen LogP contribution in [0.5, 0.6) is 0 Å². The number of carbonyl (C=O) groups excluding carboxylic acids is 1. The Morgan fingerprint density at radius 2 is 2.21 bits per heavy atom. The molecule has 3 aromatic rings. The lowest BCUT2D eigenvalue weighted by Crippen LogP contribution is -2.30. The van der Waals surface area contributed by atoms with E-state index in [9.17, 15) is 4.79 Å². The molecule has 1 aliphatic carbocycles. The normalized spacial score (nSPS) is 14.4. The lowest BCUT2D eigenvalue weighted by atomic mass is 10.0. The van der Waals surface area contributed by atoms with E-state index >= 15 is 0 Å². The first-order valence-electron chi connectivity index (χ1n) is 7.88. The van der Waals surface area contributed by atoms with Crippen LogP contribution in [0.3, 0.4) is 0 Å². The second kappa shape index (κ2) is 5.92. The zero-order valence-electron chi connectivity index (χ0n) is 13.3. The minimum absolute atomic E-state index is 0.164. The molecule has 1 unspecified atom stereocenters. The van der Waals surface area contributed by atoms with Gasteiger partial charge in [-0.05, 0) is 42.5 Å². The molecule has 24 heavy (non-hydrogen) atoms. The van der Waals surface area contributed by atoms with Gasteiger partial charge in [0.05, 0.1) is 6.20 Å². The van der Waals surface area contributed by atoms with E-state index in [4.69, 9.17) is 4.52 Å². The predicted molar refractivity (Wildman–Crippen MR) is 85.3 cm³/mol. The SMILES string of the molecule is Cn1cc(C(NC(=O)c2ccc3c(c2)CCC3)c2ncon2)cn1. The van der Waals surface area contributed by atoms with Gasteiger partial charge < -0.3 is 9.84 Å². The van der Waals surface area contributed by atoms with Crippen molar-refractivity contribution < 1.29 is 9.32 Å². The number of nitrogens with one attached hydrogen (secondary N) is 1. The Morgan fingerprint density at radius 3 is 2.96 bits per heavy atom. The molecule has 1 N–H and O–H groups in total. The smallest absolute Gasteiger partial charge is 0.252 e. The summed E-state index contributed by atoms with van der Waals surface area (Å²) in [6.45, 7) is 0. The molecular weight excluding hydrogens is 306 g/mol. The Kier molecular flexibility index (Phi) is 3.60. The molecule has 7 heteroatoms. The van der Waals surface area contributed by atoms with Gasteiger partial charge in [-0.15, -0.1) is 0 Å². The number of hydrogen-bond acceptors (Lipinski definition) is 5. The average molecular weight is 323 g/mol. The number of benzene rings is 1. The topological polar surface area (TPSA) is 85.8 Å². The fourth-order valence-corrected chi connectivity index (χ4v) is 3.12. The van der Waals surface area contributed by atoms with Gasteiger partial charge in [0.1, 0.15) is 6.04 Å². The van der Waals surface area contributed by atoms with Crippen molar-refractivity contribution in [2.75, 3.05) is 0 Å². The molecule has 1 atom stereocenters. The maximum Gasteiger partial charge on any atom is 0.252 e. The largest absolute Gasteiger partial charge is 0.343 e. The number of carbonyl (C=O) groups is 1. The minimum atomic E-state index is -0.502. The Bertz CT molecular complexity index is 869. The lowest BCUT2D eigenvalue weighted by Gasteiger charge is -2.14. The summed E-state index contributed by atoms with van der Waals surface area (Å²) in [5, 5.41) is 11.0. The summed E-state index contributed by atoms with van der Waals surface area (Å²) in [5.74, 6) is 0.237. The molecule has 4 rings (SSSR count). The van der Waals surface area contributed by atoms with E-state index in [1.165, 1.54) is 17.5 Å². The fourth-order valence-electron chi connectivity index (χ4n) is 3.12. The molecule has 0 saturated heterocycles. The molecule has 122 valence electrons. The van der Waals surface area contributed by atoms with Gasteiger partial charge in [0.25, 0.3) is 5.91 Å². The van der Waals surface area contributed by atoms with Crippen molar-refractivity contribution >= 4 is 5.91 Å². The third kappa shape index (κ3) is 2.68. The van der Waals surface area contributed by atoms with Crippen LogP contribution in [-0.2, 0) is 19.9 Å². The van der Waals surface area contributed by atoms with Crippen LogP contribution in [0.15, 0.2) is 41.5 Å². The van der Waals surface area contributed by atoms with Crippen LogP contribution in [0.25, 0.3) is 0 Å². The second-order valence-electron chi connectivity index (χ2n) is 5.98. The van der Waals surface area contributed by atoms with Gasteiger partial charge in [-0.2, -0.15) is 10.1 Å². The van der Waals surface area contributed by atoms with Gasteiger partial charge in [0, 0.05) is 24.4 Å². The van der Waals surface area contributed by atoms with Crippen molar-refractivity contribution in [3.05, 3.63) is 65.1 Å². The first kappa shape index (κ1) is 14.6. The van der Waals surface area contributed by atoms with Crippen molar-refractivity contribution in [1.29, 1.82) is 0 Å². The third-order valence-corrected chi connectivity index (χ3v) is 4.33. The molecule has 7 nitrogen and oxygen atoms in total. The minimum Gasteiger partial charge on any atom is -0.343 e. The molecule has 1 amide bonds. The number of fused-ring (bicyclic) bond motifs is 1. The molecular formula is C17H17N5O2. The molecule has 0 spiro atoms. The Labute approximate surface area is 138 Å². The molecule has 1 aliphatic rings. The van der Waals surface area contributed by atoms with Crippen LogP contribution in [0.2, 0.25) is 0 Å². The van der Waals surface area contributed by atoms with Crippen molar-refractivity contribution in [1.82, 2.24) is 25.2 Å². The molecule has 0 fully saturated rings. The maximum absolute atomic E-state index is 12.7. The third-order valence-electron chi connectivity index (χ3n) is 4.33. The first-order chi connectivity index (χ1) is 11.7. The van der Waals surface area contributed by atoms with E-state index in [1.54, 1.807) is 10.9 Å². The number of rotatable bonds is 4. The first-order valence-corrected chi connectivity index (χ1v) is 7.88. The number of nitrogens with zero attached hydrogens (tertiary/aromatic N) is 4. The van der Waals surface area contributed by atoms with Crippen LogP contribution in [0.1, 0.15) is 45.3 Å². The van der Waals surface area contributed by atoms with Crippen LogP contribution in [-0.4, -0.2) is 25.8 Å². The standard InChI is InChI=1S/C17H17N5O2/c1-22-9-14(8-19-22)15(16-18-10-24-21-16)20-17(23)13-6-5-11-3-2-4-12(11)7-13/h5-10,15H,2-4H2,1H3,(H,20,23). The Balaban J connectivity index is 1.61. The van der Waals surface area contributed by atoms with Gasteiger partial charge in [0.15, 0.2) is 5.82 Å². The van der Waals surface area contributed by atoms with Crippen LogP contribution in [0.4, 0.5) is 0 Å². The quantitative estimate of drug-likeness (QED) is 0.791. The Hall–Kier alpha value is -2.96. The van der Waals surface area contributed by atoms with Crippen molar-refractivity contribution in [3.63, 3.8) is 0 Å². The Morgan fingerprint density at radius 1 is 1.33 bits per heavy atom. The summed E-state index contributed by atoms with van der Waals surface area (Å²) >= 11 is 0. The summed E-state index contributed by atoms with van der Waals surface area (Å²) in [7, 11) is 1.82. The molecule has 0 radical (unpaired) electrons. The number of aryl methyl sites for hydroxylation is 3. The maximum atomic E-state index is 12.7. The van der Waals surface area contributed by atoms with Gasteiger partial charge in [0.2, 0.25) is 6.39 Å². The van der Waals surface area contributed by atoms with Crippen LogP contribution < -0.4 is 5.32 Å². The van der Waals surface area contributed by atoms with E-state index in [2.05, 4.69) is 20.6 Å². The highest BCUT2D eigenvalue weighted by atomic mass is 16.5. The molecule has 0 saturated carbocycles. The van der Waals surface area contributed by atoms with Crippen molar-refractivity contribution in [2.24, 2.45) is 7.05 Å². The number of hydrogen-bond donors (Lipinski definition) is 1. The van der Waals surface area contributed by atoms with Crippen LogP contribution in [0, 0.1) is 0 Å². The molecule has 2 aromatic heterocycles. The van der Waals surface area contributed by atoms with E-state index in [0.29, 0.717) is 11.4 Å². The van der Waals surface area contributed by atoms with Crippen molar-refractivity contribution in [3.8, 4) is 0 Å². The highest BCUT2D eigenvalue weighted by Crippen LogP contribution is 2.24. The van der Waals surface area contributed by atoms with Gasteiger partial charge in [-0.3, -0.25) is 9.48 Å². The van der Waals surface area contributed by atoms with E-state index < -0.39 is 6.04 Å². The zero-order valence-corrected chi connectivity index (χ0v) is 13.3. The monoisotopic (exact) mass is 323 g/mol. The van der Waals surface area contributed by atoms with E-state index in [0.717, 1.165) is 24.8 Å². The number of amides is 1. The average Bonchev–Trinajstić information content (AvgIpc) is 3.33. The highest BCUT2D eigenvalue weighted by Gasteiger charge is 2.23. The summed E-state index contributed by atoms with van der Waals surface area (Å²) in [4.78, 5) is 16.8. The number of aromatic nitrogens is 4. The van der Waals surface area contributed by atoms with Crippen LogP contribution >= 0.6 is 0 Å². The summed E-state index contributed by atoms with van der Waals surface area (Å²) in [6, 6.07) is 5.40. The molecule has 1 aromatic carbocycles. The molecule has 0 aliphatic heterocycles. The summed E-state index contributed by atoms with van der Waals surface area (Å²) in [5.41, 5.74) is 4.05. The van der Waals surface area contributed by atoms with Gasteiger partial charge in [-0.1, -0.05) is 11.2 Å². The molecule has 2 heterocycles. The van der Waals surface area contributed by atoms with E-state index in [-0.39, 0.29) is 5.91 Å².